The maximum absolute atomic E-state index is 12.3. The summed E-state index contributed by atoms with van der Waals surface area (Å²) in [6, 6.07) is 17.1. The Balaban J connectivity index is 1.85. The van der Waals surface area contributed by atoms with E-state index in [1.165, 1.54) is 0 Å². The van der Waals surface area contributed by atoms with Crippen molar-refractivity contribution in [3.05, 3.63) is 66.4 Å². The van der Waals surface area contributed by atoms with Gasteiger partial charge in [0.1, 0.15) is 0 Å². The quantitative estimate of drug-likeness (QED) is 0.751. The fourth-order valence-corrected chi connectivity index (χ4v) is 3.16. The zero-order chi connectivity index (χ0) is 13.9. The normalized spacial score (nSPS) is 12.4. The lowest BCUT2D eigenvalue weighted by Gasteiger charge is -2.04. The van der Waals surface area contributed by atoms with Gasteiger partial charge in [0, 0.05) is 22.2 Å². The third kappa shape index (κ3) is 2.70. The summed E-state index contributed by atoms with van der Waals surface area (Å²) >= 11 is 0. The van der Waals surface area contributed by atoms with Crippen LogP contribution in [-0.2, 0) is 16.6 Å². The molecule has 4 heteroatoms. The summed E-state index contributed by atoms with van der Waals surface area (Å²) < 4.78 is 12.3. The van der Waals surface area contributed by atoms with E-state index in [1.807, 2.05) is 42.5 Å². The summed E-state index contributed by atoms with van der Waals surface area (Å²) in [6.45, 7) is 0. The Kier molecular flexibility index (Phi) is 3.48. The zero-order valence-electron chi connectivity index (χ0n) is 10.8. The number of anilines is 1. The van der Waals surface area contributed by atoms with Crippen LogP contribution in [0.3, 0.4) is 0 Å². The highest BCUT2D eigenvalue weighted by Crippen LogP contribution is 2.18. The number of hydrogen-bond acceptors (Lipinski definition) is 3. The van der Waals surface area contributed by atoms with E-state index in [2.05, 4.69) is 4.98 Å². The zero-order valence-corrected chi connectivity index (χ0v) is 11.6. The van der Waals surface area contributed by atoms with Gasteiger partial charge in [-0.3, -0.25) is 9.19 Å². The molecule has 2 aromatic carbocycles. The second kappa shape index (κ2) is 5.43. The van der Waals surface area contributed by atoms with Crippen LogP contribution in [0.1, 0.15) is 5.56 Å². The minimum absolute atomic E-state index is 0.495. The number of aromatic nitrogens is 1. The lowest BCUT2D eigenvalue weighted by molar-refractivity contribution is 0.682. The predicted molar refractivity (Wildman–Crippen MR) is 82.7 cm³/mol. The van der Waals surface area contributed by atoms with E-state index < -0.39 is 10.8 Å². The van der Waals surface area contributed by atoms with Gasteiger partial charge in [0.25, 0.3) is 0 Å². The highest BCUT2D eigenvalue weighted by molar-refractivity contribution is 7.84. The van der Waals surface area contributed by atoms with Crippen LogP contribution in [0.4, 0.5) is 5.69 Å². The standard InChI is InChI=1S/C16H14N2OS/c17-14-4-6-15(7-5-14)20(19)11-12-3-8-16-13(10-12)2-1-9-18-16/h1-10H,11,17H2. The number of pyridine rings is 1. The Morgan fingerprint density at radius 1 is 1.05 bits per heavy atom. The van der Waals surface area contributed by atoms with Gasteiger partial charge in [0.2, 0.25) is 0 Å². The van der Waals surface area contributed by atoms with E-state index in [0.717, 1.165) is 21.4 Å². The molecule has 0 aliphatic rings. The van der Waals surface area contributed by atoms with Crippen LogP contribution >= 0.6 is 0 Å². The largest absolute Gasteiger partial charge is 0.399 e. The molecule has 2 N–H and O–H groups in total. The second-order valence-corrected chi connectivity index (χ2v) is 6.04. The maximum atomic E-state index is 12.3. The number of hydrogen-bond donors (Lipinski definition) is 1. The van der Waals surface area contributed by atoms with Crippen molar-refractivity contribution >= 4 is 27.4 Å². The lowest BCUT2D eigenvalue weighted by Crippen LogP contribution is -1.97. The van der Waals surface area contributed by atoms with E-state index in [4.69, 9.17) is 5.73 Å². The molecule has 0 bridgehead atoms. The van der Waals surface area contributed by atoms with Gasteiger partial charge in [-0.05, 0) is 48.0 Å². The molecule has 1 heterocycles. The van der Waals surface area contributed by atoms with Crippen LogP contribution < -0.4 is 5.73 Å². The first-order chi connectivity index (χ1) is 9.72. The van der Waals surface area contributed by atoms with Crippen molar-refractivity contribution in [1.82, 2.24) is 4.98 Å². The molecule has 3 aromatic rings. The molecule has 0 aliphatic carbocycles. The Bertz CT molecular complexity index is 769. The number of nitrogens with two attached hydrogens (primary N) is 1. The van der Waals surface area contributed by atoms with Gasteiger partial charge in [-0.2, -0.15) is 0 Å². The van der Waals surface area contributed by atoms with Crippen molar-refractivity contribution in [2.24, 2.45) is 0 Å². The fraction of sp³-hybridized carbons (Fsp3) is 0.0625. The fourth-order valence-electron chi connectivity index (χ4n) is 2.07. The van der Waals surface area contributed by atoms with Crippen molar-refractivity contribution in [1.29, 1.82) is 0 Å². The average molecular weight is 282 g/mol. The molecule has 0 radical (unpaired) electrons. The molecule has 0 spiro atoms. The third-order valence-corrected chi connectivity index (χ3v) is 4.50. The number of rotatable bonds is 3. The summed E-state index contributed by atoms with van der Waals surface area (Å²) in [5.74, 6) is 0.495. The van der Waals surface area contributed by atoms with Gasteiger partial charge in [-0.15, -0.1) is 0 Å². The molecule has 20 heavy (non-hydrogen) atoms. The van der Waals surface area contributed by atoms with Gasteiger partial charge in [0.05, 0.1) is 22.1 Å². The number of benzene rings is 2. The smallest absolute Gasteiger partial charge is 0.0702 e. The second-order valence-electron chi connectivity index (χ2n) is 4.59. The Labute approximate surface area is 119 Å². The molecule has 3 rings (SSSR count). The average Bonchev–Trinajstić information content (AvgIpc) is 2.48. The third-order valence-electron chi connectivity index (χ3n) is 3.11. The molecule has 0 saturated carbocycles. The lowest BCUT2D eigenvalue weighted by atomic mass is 10.1. The summed E-state index contributed by atoms with van der Waals surface area (Å²) in [7, 11) is -1.06. The van der Waals surface area contributed by atoms with Crippen LogP contribution in [0.15, 0.2) is 65.7 Å². The minimum atomic E-state index is -1.06. The summed E-state index contributed by atoms with van der Waals surface area (Å²) in [5, 5.41) is 1.07. The summed E-state index contributed by atoms with van der Waals surface area (Å²) in [4.78, 5) is 5.08. The van der Waals surface area contributed by atoms with Crippen molar-refractivity contribution in [2.75, 3.05) is 5.73 Å². The van der Waals surface area contributed by atoms with E-state index in [0.29, 0.717) is 11.4 Å². The highest BCUT2D eigenvalue weighted by Gasteiger charge is 2.06. The SMILES string of the molecule is Nc1ccc(S(=O)Cc2ccc3ncccc3c2)cc1. The molecule has 1 aromatic heterocycles. The van der Waals surface area contributed by atoms with Crippen molar-refractivity contribution in [3.8, 4) is 0 Å². The van der Waals surface area contributed by atoms with E-state index in [-0.39, 0.29) is 0 Å². The predicted octanol–water partition coefficient (Wildman–Crippen LogP) is 3.12. The molecule has 0 fully saturated rings. The molecule has 0 aliphatic heterocycles. The van der Waals surface area contributed by atoms with E-state index in [1.54, 1.807) is 18.3 Å². The first kappa shape index (κ1) is 12.8. The Hall–Kier alpha value is -2.20. The van der Waals surface area contributed by atoms with E-state index >= 15 is 0 Å². The minimum Gasteiger partial charge on any atom is -0.399 e. The first-order valence-corrected chi connectivity index (χ1v) is 7.62. The summed E-state index contributed by atoms with van der Waals surface area (Å²) in [6.07, 6.45) is 1.77. The van der Waals surface area contributed by atoms with Crippen molar-refractivity contribution in [2.45, 2.75) is 10.6 Å². The molecular formula is C16H14N2OS. The van der Waals surface area contributed by atoms with Crippen LogP contribution in [0.5, 0.6) is 0 Å². The Morgan fingerprint density at radius 2 is 1.85 bits per heavy atom. The van der Waals surface area contributed by atoms with Gasteiger partial charge in [-0.1, -0.05) is 12.1 Å². The van der Waals surface area contributed by atoms with Crippen molar-refractivity contribution in [3.63, 3.8) is 0 Å². The summed E-state index contributed by atoms with van der Waals surface area (Å²) in [5.41, 5.74) is 8.31. The highest BCUT2D eigenvalue weighted by atomic mass is 32.2. The monoisotopic (exact) mass is 282 g/mol. The van der Waals surface area contributed by atoms with Crippen LogP contribution in [0, 0.1) is 0 Å². The number of nitrogen functional groups attached to an aromatic ring is 1. The van der Waals surface area contributed by atoms with Gasteiger partial charge in [-0.25, -0.2) is 0 Å². The molecule has 1 unspecified atom stereocenters. The molecule has 100 valence electrons. The van der Waals surface area contributed by atoms with E-state index in [9.17, 15) is 4.21 Å². The first-order valence-electron chi connectivity index (χ1n) is 6.30. The van der Waals surface area contributed by atoms with Crippen LogP contribution in [-0.4, -0.2) is 9.19 Å². The Morgan fingerprint density at radius 3 is 2.65 bits per heavy atom. The van der Waals surface area contributed by atoms with Gasteiger partial charge in [0.15, 0.2) is 0 Å². The molecule has 1 atom stereocenters. The molecular weight excluding hydrogens is 268 g/mol. The van der Waals surface area contributed by atoms with Crippen molar-refractivity contribution < 1.29 is 4.21 Å². The van der Waals surface area contributed by atoms with Gasteiger partial charge >= 0.3 is 0 Å². The topological polar surface area (TPSA) is 56.0 Å². The molecule has 0 amide bonds. The van der Waals surface area contributed by atoms with Crippen LogP contribution in [0.25, 0.3) is 10.9 Å². The number of fused-ring (bicyclic) bond motifs is 1. The van der Waals surface area contributed by atoms with Gasteiger partial charge < -0.3 is 5.73 Å². The maximum Gasteiger partial charge on any atom is 0.0702 e. The van der Waals surface area contributed by atoms with Crippen LogP contribution in [0.2, 0.25) is 0 Å². The molecule has 3 nitrogen and oxygen atoms in total. The molecule has 0 saturated heterocycles. The number of nitrogens with zero attached hydrogens (tertiary/aromatic N) is 1.